The summed E-state index contributed by atoms with van der Waals surface area (Å²) in [7, 11) is 2.19. The molecule has 27 heavy (non-hydrogen) atoms. The molecule has 0 spiro atoms. The molecule has 0 amide bonds. The Morgan fingerprint density at radius 2 is 1.59 bits per heavy atom. The van der Waals surface area contributed by atoms with Crippen molar-refractivity contribution in [2.45, 2.75) is 33.1 Å². The number of fused-ring (bicyclic) bond motifs is 5. The van der Waals surface area contributed by atoms with E-state index in [-0.39, 0.29) is 0 Å². The highest BCUT2D eigenvalue weighted by atomic mass is 14.9. The molecule has 0 aliphatic heterocycles. The molecule has 0 radical (unpaired) electrons. The van der Waals surface area contributed by atoms with Gasteiger partial charge in [-0.25, -0.2) is 0 Å². The van der Waals surface area contributed by atoms with E-state index in [9.17, 15) is 0 Å². The van der Waals surface area contributed by atoms with Crippen LogP contribution >= 0.6 is 0 Å². The van der Waals surface area contributed by atoms with E-state index in [4.69, 9.17) is 0 Å². The zero-order chi connectivity index (χ0) is 18.7. The number of aryl methyl sites for hydroxylation is 2. The van der Waals surface area contributed by atoms with Gasteiger partial charge in [0.05, 0.1) is 0 Å². The molecule has 5 aromatic rings. The lowest BCUT2D eigenvalue weighted by Gasteiger charge is -2.10. The Hall–Kier alpha value is -2.80. The first kappa shape index (κ1) is 16.4. The lowest BCUT2D eigenvalue weighted by Crippen LogP contribution is -1.91. The van der Waals surface area contributed by atoms with E-state index in [2.05, 4.69) is 93.0 Å². The normalized spacial score (nSPS) is 13.2. The third-order valence-electron chi connectivity index (χ3n) is 6.44. The van der Waals surface area contributed by atoms with Crippen molar-refractivity contribution in [2.75, 3.05) is 0 Å². The van der Waals surface area contributed by atoms with Crippen molar-refractivity contribution in [1.29, 1.82) is 0 Å². The lowest BCUT2D eigenvalue weighted by atomic mass is 9.94. The number of hydrogen-bond donors (Lipinski definition) is 0. The van der Waals surface area contributed by atoms with Crippen LogP contribution in [0.3, 0.4) is 0 Å². The Bertz CT molecular complexity index is 1340. The van der Waals surface area contributed by atoms with Crippen LogP contribution in [0.5, 0.6) is 0 Å². The fraction of sp³-hybridized carbons (Fsp3) is 0.231. The van der Waals surface area contributed by atoms with Crippen molar-refractivity contribution >= 4 is 43.4 Å². The summed E-state index contributed by atoms with van der Waals surface area (Å²) in [5.74, 6) is 0.600. The van der Waals surface area contributed by atoms with Crippen LogP contribution in [0.4, 0.5) is 0 Å². The predicted octanol–water partition coefficient (Wildman–Crippen LogP) is 7.46. The zero-order valence-corrected chi connectivity index (χ0v) is 16.5. The van der Waals surface area contributed by atoms with Gasteiger partial charge in [-0.1, -0.05) is 56.3 Å². The zero-order valence-electron chi connectivity index (χ0n) is 16.5. The van der Waals surface area contributed by atoms with Crippen LogP contribution < -0.4 is 0 Å². The molecule has 1 nitrogen and oxygen atoms in total. The molecule has 0 fully saturated rings. The van der Waals surface area contributed by atoms with Crippen molar-refractivity contribution in [2.24, 2.45) is 7.05 Å². The summed E-state index contributed by atoms with van der Waals surface area (Å²) in [6, 6.07) is 22.8. The number of hydrogen-bond acceptors (Lipinski definition) is 0. The predicted molar refractivity (Wildman–Crippen MR) is 119 cm³/mol. The smallest absolute Gasteiger partial charge is 0.0497 e. The van der Waals surface area contributed by atoms with Crippen LogP contribution in [0.1, 0.15) is 37.3 Å². The average Bonchev–Trinajstić information content (AvgIpc) is 2.97. The van der Waals surface area contributed by atoms with Crippen LogP contribution in [0, 0.1) is 6.92 Å². The van der Waals surface area contributed by atoms with Crippen molar-refractivity contribution < 1.29 is 0 Å². The molecule has 134 valence electrons. The maximum absolute atomic E-state index is 2.40. The summed E-state index contributed by atoms with van der Waals surface area (Å²) in [5.41, 5.74) is 5.45. The molecular weight excluding hydrogens is 326 g/mol. The Kier molecular flexibility index (Phi) is 3.55. The molecule has 0 aliphatic carbocycles. The molecule has 0 saturated carbocycles. The minimum atomic E-state index is 0.600. The van der Waals surface area contributed by atoms with E-state index in [0.29, 0.717) is 5.92 Å². The lowest BCUT2D eigenvalue weighted by molar-refractivity contribution is 0.735. The van der Waals surface area contributed by atoms with E-state index < -0.39 is 0 Å². The molecule has 1 atom stereocenters. The Morgan fingerprint density at radius 1 is 0.815 bits per heavy atom. The van der Waals surface area contributed by atoms with Crippen LogP contribution in [-0.4, -0.2) is 4.57 Å². The van der Waals surface area contributed by atoms with Crippen LogP contribution in [0.15, 0.2) is 60.7 Å². The summed E-state index contributed by atoms with van der Waals surface area (Å²) in [6.45, 7) is 6.84. The second kappa shape index (κ2) is 5.85. The molecule has 5 rings (SSSR count). The molecule has 4 aromatic carbocycles. The van der Waals surface area contributed by atoms with Gasteiger partial charge in [-0.3, -0.25) is 0 Å². The highest BCUT2D eigenvalue weighted by molar-refractivity contribution is 6.17. The minimum absolute atomic E-state index is 0.600. The second-order valence-electron chi connectivity index (χ2n) is 7.96. The molecule has 0 N–H and O–H groups in total. The van der Waals surface area contributed by atoms with Crippen molar-refractivity contribution in [1.82, 2.24) is 4.57 Å². The standard InChI is InChI=1S/C26H25N/c1-5-16(2)18-10-11-19-14-24-23(13-21(19)12-18)26-17(3)22-9-7-6-8-20(22)15-25(26)27(24)4/h6-16H,5H2,1-4H3. The second-order valence-corrected chi connectivity index (χ2v) is 7.96. The molecule has 0 bridgehead atoms. The topological polar surface area (TPSA) is 4.93 Å². The highest BCUT2D eigenvalue weighted by Crippen LogP contribution is 2.37. The van der Waals surface area contributed by atoms with E-state index in [1.807, 2.05) is 0 Å². The SMILES string of the molecule is CCC(C)c1ccc2cc3c(cc2c1)c1c(C)c2ccccc2cc1n3C. The average molecular weight is 351 g/mol. The molecule has 0 aliphatic rings. The Morgan fingerprint density at radius 3 is 2.41 bits per heavy atom. The Labute approximate surface area is 160 Å². The van der Waals surface area contributed by atoms with Gasteiger partial charge in [0.25, 0.3) is 0 Å². The molecule has 1 heteroatoms. The van der Waals surface area contributed by atoms with Gasteiger partial charge in [-0.2, -0.15) is 0 Å². The Balaban J connectivity index is 1.92. The maximum Gasteiger partial charge on any atom is 0.0497 e. The van der Waals surface area contributed by atoms with Gasteiger partial charge in [0.2, 0.25) is 0 Å². The summed E-state index contributed by atoms with van der Waals surface area (Å²) in [5, 5.41) is 8.09. The maximum atomic E-state index is 2.40. The van der Waals surface area contributed by atoms with E-state index in [1.165, 1.54) is 60.9 Å². The van der Waals surface area contributed by atoms with Gasteiger partial charge in [-0.15, -0.1) is 0 Å². The minimum Gasteiger partial charge on any atom is -0.344 e. The van der Waals surface area contributed by atoms with Crippen molar-refractivity contribution in [3.63, 3.8) is 0 Å². The van der Waals surface area contributed by atoms with Crippen molar-refractivity contribution in [3.8, 4) is 0 Å². The summed E-state index contributed by atoms with van der Waals surface area (Å²) in [4.78, 5) is 0. The van der Waals surface area contributed by atoms with Gasteiger partial charge < -0.3 is 4.57 Å². The molecule has 1 aromatic heterocycles. The van der Waals surface area contributed by atoms with Crippen LogP contribution in [0.25, 0.3) is 43.4 Å². The van der Waals surface area contributed by atoms with Gasteiger partial charge in [-0.05, 0) is 70.1 Å². The van der Waals surface area contributed by atoms with E-state index in [1.54, 1.807) is 0 Å². The van der Waals surface area contributed by atoms with Gasteiger partial charge in [0.15, 0.2) is 0 Å². The first-order valence-electron chi connectivity index (χ1n) is 9.92. The first-order chi connectivity index (χ1) is 13.1. The molecule has 1 unspecified atom stereocenters. The van der Waals surface area contributed by atoms with Crippen LogP contribution in [-0.2, 0) is 7.05 Å². The number of nitrogens with zero attached hydrogens (tertiary/aromatic N) is 1. The van der Waals surface area contributed by atoms with Crippen LogP contribution in [0.2, 0.25) is 0 Å². The number of benzene rings is 4. The third-order valence-corrected chi connectivity index (χ3v) is 6.44. The van der Waals surface area contributed by atoms with Gasteiger partial charge in [0.1, 0.15) is 0 Å². The highest BCUT2D eigenvalue weighted by Gasteiger charge is 2.14. The third kappa shape index (κ3) is 2.31. The fourth-order valence-electron chi connectivity index (χ4n) is 4.57. The number of rotatable bonds is 2. The summed E-state index contributed by atoms with van der Waals surface area (Å²) < 4.78 is 2.35. The number of aromatic nitrogens is 1. The molecular formula is C26H25N. The summed E-state index contributed by atoms with van der Waals surface area (Å²) in [6.07, 6.45) is 1.17. The summed E-state index contributed by atoms with van der Waals surface area (Å²) >= 11 is 0. The molecule has 0 saturated heterocycles. The molecule has 1 heterocycles. The van der Waals surface area contributed by atoms with E-state index >= 15 is 0 Å². The largest absolute Gasteiger partial charge is 0.344 e. The first-order valence-corrected chi connectivity index (χ1v) is 9.92. The van der Waals surface area contributed by atoms with E-state index in [0.717, 1.165) is 0 Å². The van der Waals surface area contributed by atoms with Crippen molar-refractivity contribution in [3.05, 3.63) is 71.8 Å². The van der Waals surface area contributed by atoms with Gasteiger partial charge in [0, 0.05) is 28.9 Å². The van der Waals surface area contributed by atoms with Gasteiger partial charge >= 0.3 is 0 Å². The quantitative estimate of drug-likeness (QED) is 0.311. The fourth-order valence-corrected chi connectivity index (χ4v) is 4.57. The monoisotopic (exact) mass is 351 g/mol.